The van der Waals surface area contributed by atoms with Crippen LogP contribution < -0.4 is 16.0 Å². The maximum Gasteiger partial charge on any atom is 0.439 e. The molecule has 0 atom stereocenters. The van der Waals surface area contributed by atoms with Crippen LogP contribution in [-0.4, -0.2) is 30.1 Å². The van der Waals surface area contributed by atoms with Crippen molar-refractivity contribution in [3.8, 4) is 11.4 Å². The van der Waals surface area contributed by atoms with E-state index in [0.29, 0.717) is 22.6 Å². The number of amides is 1. The summed E-state index contributed by atoms with van der Waals surface area (Å²) in [6, 6.07) is 14.3. The van der Waals surface area contributed by atoms with E-state index in [-0.39, 0.29) is 5.91 Å². The Morgan fingerprint density at radius 1 is 1.08 bits per heavy atom. The molecule has 0 saturated carbocycles. The zero-order valence-electron chi connectivity index (χ0n) is 13.2. The van der Waals surface area contributed by atoms with Gasteiger partial charge in [0.1, 0.15) is 0 Å². The molecule has 0 aliphatic rings. The lowest BCUT2D eigenvalue weighted by Crippen LogP contribution is -2.13. The molecule has 122 valence electrons. The summed E-state index contributed by atoms with van der Waals surface area (Å²) >= 11 is 0. The van der Waals surface area contributed by atoms with Crippen LogP contribution in [0.5, 0.6) is 0 Å². The predicted molar refractivity (Wildman–Crippen MR) is 91.3 cm³/mol. The Hall–Kier alpha value is -3.35. The molecule has 1 aromatic heterocycles. The number of hydrogen-bond acceptors (Lipinski definition) is 5. The summed E-state index contributed by atoms with van der Waals surface area (Å²) in [7, 11) is 3.89. The number of H-pyrrole nitrogens is 1. The zero-order valence-corrected chi connectivity index (χ0v) is 13.2. The molecule has 2 N–H and O–H groups in total. The summed E-state index contributed by atoms with van der Waals surface area (Å²) in [5, 5.41) is 6.43. The van der Waals surface area contributed by atoms with Crippen molar-refractivity contribution in [1.29, 1.82) is 0 Å². The van der Waals surface area contributed by atoms with Gasteiger partial charge in [0.15, 0.2) is 5.82 Å². The van der Waals surface area contributed by atoms with Crippen LogP contribution in [0.2, 0.25) is 0 Å². The van der Waals surface area contributed by atoms with Crippen LogP contribution in [0.1, 0.15) is 10.4 Å². The van der Waals surface area contributed by atoms with Gasteiger partial charge >= 0.3 is 5.76 Å². The molecule has 0 spiro atoms. The van der Waals surface area contributed by atoms with Crippen molar-refractivity contribution in [3.05, 3.63) is 64.6 Å². The van der Waals surface area contributed by atoms with Crippen molar-refractivity contribution < 1.29 is 9.32 Å². The first-order valence-electron chi connectivity index (χ1n) is 7.28. The van der Waals surface area contributed by atoms with Gasteiger partial charge in [-0.2, -0.15) is 0 Å². The van der Waals surface area contributed by atoms with Crippen LogP contribution in [0.15, 0.2) is 57.8 Å². The number of rotatable bonds is 4. The van der Waals surface area contributed by atoms with E-state index >= 15 is 0 Å². The molecule has 1 heterocycles. The smallest absolute Gasteiger partial charge is 0.378 e. The quantitative estimate of drug-likeness (QED) is 0.768. The van der Waals surface area contributed by atoms with E-state index < -0.39 is 5.76 Å². The number of aromatic amines is 1. The molecule has 1 amide bonds. The Balaban J connectivity index is 1.71. The van der Waals surface area contributed by atoms with E-state index in [0.717, 1.165) is 5.69 Å². The number of nitrogens with zero attached hydrogens (tertiary/aromatic N) is 2. The second-order valence-corrected chi connectivity index (χ2v) is 5.42. The van der Waals surface area contributed by atoms with Gasteiger partial charge in [0, 0.05) is 36.6 Å². The maximum atomic E-state index is 12.3. The topological polar surface area (TPSA) is 91.2 Å². The Kier molecular flexibility index (Phi) is 4.15. The summed E-state index contributed by atoms with van der Waals surface area (Å²) in [6.07, 6.45) is 0. The molecule has 3 rings (SSSR count). The molecule has 24 heavy (non-hydrogen) atoms. The van der Waals surface area contributed by atoms with Gasteiger partial charge in [-0.25, -0.2) is 4.79 Å². The summed E-state index contributed by atoms with van der Waals surface area (Å²) in [5.41, 5.74) is 2.93. The summed E-state index contributed by atoms with van der Waals surface area (Å²) < 4.78 is 4.46. The van der Waals surface area contributed by atoms with Gasteiger partial charge in [-0.05, 0) is 48.5 Å². The van der Waals surface area contributed by atoms with Crippen LogP contribution in [0.4, 0.5) is 11.4 Å². The molecular formula is C17H16N4O3. The van der Waals surface area contributed by atoms with Gasteiger partial charge in [-0.1, -0.05) is 5.16 Å². The van der Waals surface area contributed by atoms with Crippen LogP contribution in [0.25, 0.3) is 11.4 Å². The van der Waals surface area contributed by atoms with Gasteiger partial charge in [0.05, 0.1) is 0 Å². The molecule has 0 unspecified atom stereocenters. The number of aromatic nitrogens is 2. The van der Waals surface area contributed by atoms with Crippen molar-refractivity contribution in [1.82, 2.24) is 10.1 Å². The van der Waals surface area contributed by atoms with Crippen LogP contribution >= 0.6 is 0 Å². The third-order valence-corrected chi connectivity index (χ3v) is 3.50. The first kappa shape index (κ1) is 15.5. The molecular weight excluding hydrogens is 308 g/mol. The molecule has 2 aromatic carbocycles. The first-order chi connectivity index (χ1) is 11.5. The predicted octanol–water partition coefficient (Wildman–Crippen LogP) is 2.35. The second kappa shape index (κ2) is 6.41. The van der Waals surface area contributed by atoms with E-state index in [1.807, 2.05) is 31.1 Å². The number of carbonyl (C=O) groups excluding carboxylic acids is 1. The van der Waals surface area contributed by atoms with Gasteiger partial charge in [0.25, 0.3) is 5.91 Å². The molecule has 7 nitrogen and oxygen atoms in total. The van der Waals surface area contributed by atoms with E-state index in [4.69, 9.17) is 0 Å². The molecule has 0 aliphatic heterocycles. The highest BCUT2D eigenvalue weighted by atomic mass is 16.5. The largest absolute Gasteiger partial charge is 0.439 e. The molecule has 0 saturated heterocycles. The van der Waals surface area contributed by atoms with Gasteiger partial charge in [0.2, 0.25) is 0 Å². The average molecular weight is 324 g/mol. The minimum atomic E-state index is -0.608. The zero-order chi connectivity index (χ0) is 17.1. The highest BCUT2D eigenvalue weighted by Crippen LogP contribution is 2.18. The van der Waals surface area contributed by atoms with Crippen LogP contribution in [0, 0.1) is 0 Å². The van der Waals surface area contributed by atoms with E-state index in [2.05, 4.69) is 20.0 Å². The number of carbonyl (C=O) groups is 1. The van der Waals surface area contributed by atoms with Crippen molar-refractivity contribution in [2.45, 2.75) is 0 Å². The number of anilines is 2. The highest BCUT2D eigenvalue weighted by Gasteiger charge is 2.08. The minimum Gasteiger partial charge on any atom is -0.378 e. The SMILES string of the molecule is CN(C)c1ccc(C(=O)Nc2ccc(-c3noc(=O)[nH]3)cc2)cc1. The fraction of sp³-hybridized carbons (Fsp3) is 0.118. The fourth-order valence-electron chi connectivity index (χ4n) is 2.18. The Morgan fingerprint density at radius 3 is 2.29 bits per heavy atom. The van der Waals surface area contributed by atoms with Gasteiger partial charge in [-0.15, -0.1) is 0 Å². The third kappa shape index (κ3) is 3.35. The summed E-state index contributed by atoms with van der Waals surface area (Å²) in [5.74, 6) is -0.455. The number of benzene rings is 2. The lowest BCUT2D eigenvalue weighted by Gasteiger charge is -2.12. The second-order valence-electron chi connectivity index (χ2n) is 5.42. The molecule has 0 fully saturated rings. The summed E-state index contributed by atoms with van der Waals surface area (Å²) in [6.45, 7) is 0. The fourth-order valence-corrected chi connectivity index (χ4v) is 2.18. The number of hydrogen-bond donors (Lipinski definition) is 2. The van der Waals surface area contributed by atoms with Crippen molar-refractivity contribution in [3.63, 3.8) is 0 Å². The number of nitrogens with one attached hydrogen (secondary N) is 2. The standard InChI is InChI=1S/C17H16N4O3/c1-21(2)14-9-5-12(6-10-14)16(22)18-13-7-3-11(4-8-13)15-19-17(23)24-20-15/h3-10H,1-2H3,(H,18,22)(H,19,20,23). The molecule has 0 aliphatic carbocycles. The lowest BCUT2D eigenvalue weighted by molar-refractivity contribution is 0.102. The summed E-state index contributed by atoms with van der Waals surface area (Å²) in [4.78, 5) is 27.6. The van der Waals surface area contributed by atoms with Gasteiger partial charge in [-0.3, -0.25) is 14.3 Å². The van der Waals surface area contributed by atoms with E-state index in [9.17, 15) is 9.59 Å². The molecule has 0 bridgehead atoms. The molecule has 0 radical (unpaired) electrons. The highest BCUT2D eigenvalue weighted by molar-refractivity contribution is 6.04. The molecule has 7 heteroatoms. The van der Waals surface area contributed by atoms with Crippen LogP contribution in [0.3, 0.4) is 0 Å². The average Bonchev–Trinajstić information content (AvgIpc) is 3.02. The van der Waals surface area contributed by atoms with E-state index in [1.54, 1.807) is 36.4 Å². The van der Waals surface area contributed by atoms with Crippen LogP contribution in [-0.2, 0) is 0 Å². The lowest BCUT2D eigenvalue weighted by atomic mass is 10.1. The Labute approximate surface area is 137 Å². The first-order valence-corrected chi connectivity index (χ1v) is 7.28. The Bertz CT molecular complexity index is 893. The normalized spacial score (nSPS) is 10.4. The van der Waals surface area contributed by atoms with Gasteiger partial charge < -0.3 is 10.2 Å². The Morgan fingerprint density at radius 2 is 1.75 bits per heavy atom. The van der Waals surface area contributed by atoms with Crippen molar-refractivity contribution in [2.75, 3.05) is 24.3 Å². The third-order valence-electron chi connectivity index (χ3n) is 3.50. The maximum absolute atomic E-state index is 12.3. The minimum absolute atomic E-state index is 0.192. The molecule has 3 aromatic rings. The van der Waals surface area contributed by atoms with E-state index in [1.165, 1.54) is 0 Å². The monoisotopic (exact) mass is 324 g/mol. The van der Waals surface area contributed by atoms with Crippen molar-refractivity contribution in [2.24, 2.45) is 0 Å². The van der Waals surface area contributed by atoms with Crippen molar-refractivity contribution >= 4 is 17.3 Å².